The predicted molar refractivity (Wildman–Crippen MR) is 79.8 cm³/mol. The highest BCUT2D eigenvalue weighted by Crippen LogP contribution is 2.20. The maximum Gasteiger partial charge on any atom is 0.319 e. The van der Waals surface area contributed by atoms with E-state index in [0.717, 1.165) is 12.1 Å². The van der Waals surface area contributed by atoms with Gasteiger partial charge < -0.3 is 15.4 Å². The SMILES string of the molecule is COC1CN(C(C)C)CC1NC(=O)Nc1ccc(F)c(F)c1F. The minimum absolute atomic E-state index is 0.196. The molecule has 1 saturated heterocycles. The molecule has 0 radical (unpaired) electrons. The van der Waals surface area contributed by atoms with Gasteiger partial charge in [-0.3, -0.25) is 4.90 Å². The van der Waals surface area contributed by atoms with Gasteiger partial charge in [0.15, 0.2) is 17.5 Å². The Morgan fingerprint density at radius 1 is 1.26 bits per heavy atom. The Labute approximate surface area is 132 Å². The molecule has 128 valence electrons. The van der Waals surface area contributed by atoms with Crippen LogP contribution in [-0.2, 0) is 4.74 Å². The van der Waals surface area contributed by atoms with Crippen molar-refractivity contribution >= 4 is 11.7 Å². The maximum atomic E-state index is 13.6. The number of ether oxygens (including phenoxy) is 1. The molecule has 1 heterocycles. The van der Waals surface area contributed by atoms with Crippen molar-refractivity contribution < 1.29 is 22.7 Å². The summed E-state index contributed by atoms with van der Waals surface area (Å²) < 4.78 is 44.9. The summed E-state index contributed by atoms with van der Waals surface area (Å²) in [6, 6.07) is 1.03. The van der Waals surface area contributed by atoms with Crippen molar-refractivity contribution in [3.05, 3.63) is 29.6 Å². The Balaban J connectivity index is 2.01. The lowest BCUT2D eigenvalue weighted by molar-refractivity contribution is 0.0896. The summed E-state index contributed by atoms with van der Waals surface area (Å²) in [5.74, 6) is -4.36. The second kappa shape index (κ2) is 7.18. The molecule has 1 aliphatic rings. The van der Waals surface area contributed by atoms with E-state index in [2.05, 4.69) is 15.5 Å². The molecule has 1 aromatic rings. The van der Waals surface area contributed by atoms with Crippen molar-refractivity contribution in [3.8, 4) is 0 Å². The molecule has 0 saturated carbocycles. The Hall–Kier alpha value is -1.80. The minimum Gasteiger partial charge on any atom is -0.378 e. The van der Waals surface area contributed by atoms with E-state index in [-0.39, 0.29) is 12.1 Å². The van der Waals surface area contributed by atoms with Gasteiger partial charge >= 0.3 is 6.03 Å². The van der Waals surface area contributed by atoms with Crippen LogP contribution in [0.15, 0.2) is 12.1 Å². The number of benzene rings is 1. The maximum absolute atomic E-state index is 13.6. The van der Waals surface area contributed by atoms with Crippen LogP contribution in [0.3, 0.4) is 0 Å². The number of halogens is 3. The number of carbonyl (C=O) groups is 1. The van der Waals surface area contributed by atoms with E-state index in [1.807, 2.05) is 13.8 Å². The average molecular weight is 331 g/mol. The molecule has 1 aliphatic heterocycles. The van der Waals surface area contributed by atoms with E-state index < -0.39 is 29.2 Å². The zero-order valence-corrected chi connectivity index (χ0v) is 13.2. The van der Waals surface area contributed by atoms with E-state index in [1.54, 1.807) is 7.11 Å². The highest BCUT2D eigenvalue weighted by molar-refractivity contribution is 5.89. The zero-order chi connectivity index (χ0) is 17.1. The molecular weight excluding hydrogens is 311 g/mol. The van der Waals surface area contributed by atoms with E-state index in [1.165, 1.54) is 0 Å². The first-order chi connectivity index (χ1) is 10.8. The molecule has 0 bridgehead atoms. The normalized spacial score (nSPS) is 21.7. The molecule has 1 aromatic carbocycles. The third-order valence-electron chi connectivity index (χ3n) is 3.93. The van der Waals surface area contributed by atoms with Crippen LogP contribution in [0.25, 0.3) is 0 Å². The topological polar surface area (TPSA) is 53.6 Å². The molecule has 2 N–H and O–H groups in total. The van der Waals surface area contributed by atoms with Crippen molar-refractivity contribution in [2.45, 2.75) is 32.0 Å². The number of methoxy groups -OCH3 is 1. The van der Waals surface area contributed by atoms with E-state index >= 15 is 0 Å². The third-order valence-corrected chi connectivity index (χ3v) is 3.93. The number of hydrogen-bond acceptors (Lipinski definition) is 3. The quantitative estimate of drug-likeness (QED) is 0.833. The standard InChI is InChI=1S/C15H20F3N3O2/c1-8(2)21-6-11(12(7-21)23-3)20-15(22)19-10-5-4-9(16)13(17)14(10)18/h4-5,8,11-12H,6-7H2,1-3H3,(H2,19,20,22). The second-order valence-corrected chi connectivity index (χ2v) is 5.75. The fraction of sp³-hybridized carbons (Fsp3) is 0.533. The van der Waals surface area contributed by atoms with Crippen LogP contribution in [-0.4, -0.2) is 49.3 Å². The summed E-state index contributed by atoms with van der Waals surface area (Å²) in [5, 5.41) is 4.86. The Morgan fingerprint density at radius 2 is 1.96 bits per heavy atom. The van der Waals surface area contributed by atoms with Gasteiger partial charge in [-0.2, -0.15) is 0 Å². The lowest BCUT2D eigenvalue weighted by atomic mass is 10.2. The summed E-state index contributed by atoms with van der Waals surface area (Å²) in [6.07, 6.45) is -0.196. The number of likely N-dealkylation sites (tertiary alicyclic amines) is 1. The Morgan fingerprint density at radius 3 is 2.57 bits per heavy atom. The van der Waals surface area contributed by atoms with Crippen LogP contribution in [0, 0.1) is 17.5 Å². The van der Waals surface area contributed by atoms with Crippen LogP contribution in [0.1, 0.15) is 13.8 Å². The molecule has 8 heteroatoms. The fourth-order valence-corrected chi connectivity index (χ4v) is 2.55. The molecule has 5 nitrogen and oxygen atoms in total. The summed E-state index contributed by atoms with van der Waals surface area (Å²) >= 11 is 0. The van der Waals surface area contributed by atoms with Crippen LogP contribution >= 0.6 is 0 Å². The van der Waals surface area contributed by atoms with Crippen molar-refractivity contribution in [3.63, 3.8) is 0 Å². The second-order valence-electron chi connectivity index (χ2n) is 5.75. The van der Waals surface area contributed by atoms with Gasteiger partial charge in [-0.25, -0.2) is 18.0 Å². The molecule has 23 heavy (non-hydrogen) atoms. The molecule has 0 aromatic heterocycles. The first-order valence-electron chi connectivity index (χ1n) is 7.31. The summed E-state index contributed by atoms with van der Waals surface area (Å²) in [6.45, 7) is 5.32. The van der Waals surface area contributed by atoms with E-state index in [4.69, 9.17) is 4.74 Å². The lowest BCUT2D eigenvalue weighted by Crippen LogP contribution is -2.45. The number of amides is 2. The number of carbonyl (C=O) groups excluding carboxylic acids is 1. The van der Waals surface area contributed by atoms with Crippen LogP contribution in [0.4, 0.5) is 23.7 Å². The van der Waals surface area contributed by atoms with Crippen molar-refractivity contribution in [1.29, 1.82) is 0 Å². The number of nitrogens with one attached hydrogen (secondary N) is 2. The Bertz CT molecular complexity index is 583. The van der Waals surface area contributed by atoms with Crippen LogP contribution < -0.4 is 10.6 Å². The van der Waals surface area contributed by atoms with E-state index in [0.29, 0.717) is 19.1 Å². The van der Waals surface area contributed by atoms with Gasteiger partial charge in [0.25, 0.3) is 0 Å². The van der Waals surface area contributed by atoms with Crippen LogP contribution in [0.2, 0.25) is 0 Å². The summed E-state index contributed by atoms with van der Waals surface area (Å²) in [5.41, 5.74) is -0.422. The van der Waals surface area contributed by atoms with Crippen molar-refractivity contribution in [2.75, 3.05) is 25.5 Å². The van der Waals surface area contributed by atoms with Gasteiger partial charge in [-0.05, 0) is 26.0 Å². The molecule has 2 rings (SSSR count). The van der Waals surface area contributed by atoms with Gasteiger partial charge in [0.2, 0.25) is 0 Å². The van der Waals surface area contributed by atoms with Crippen molar-refractivity contribution in [1.82, 2.24) is 10.2 Å². The van der Waals surface area contributed by atoms with E-state index in [9.17, 15) is 18.0 Å². The zero-order valence-electron chi connectivity index (χ0n) is 13.2. The smallest absolute Gasteiger partial charge is 0.319 e. The molecule has 2 atom stereocenters. The largest absolute Gasteiger partial charge is 0.378 e. The van der Waals surface area contributed by atoms with Crippen LogP contribution in [0.5, 0.6) is 0 Å². The number of nitrogens with zero attached hydrogens (tertiary/aromatic N) is 1. The van der Waals surface area contributed by atoms with Gasteiger partial charge in [-0.1, -0.05) is 0 Å². The van der Waals surface area contributed by atoms with Gasteiger partial charge in [0.05, 0.1) is 17.8 Å². The monoisotopic (exact) mass is 331 g/mol. The number of anilines is 1. The summed E-state index contributed by atoms with van der Waals surface area (Å²) in [4.78, 5) is 14.1. The highest BCUT2D eigenvalue weighted by atomic mass is 19.2. The highest BCUT2D eigenvalue weighted by Gasteiger charge is 2.35. The molecule has 2 amide bonds. The number of hydrogen-bond donors (Lipinski definition) is 2. The molecule has 2 unspecified atom stereocenters. The predicted octanol–water partition coefficient (Wildman–Crippen LogP) is 2.33. The first-order valence-corrected chi connectivity index (χ1v) is 7.31. The van der Waals surface area contributed by atoms with Gasteiger partial charge in [-0.15, -0.1) is 0 Å². The average Bonchev–Trinajstić information content (AvgIpc) is 2.91. The number of urea groups is 1. The molecule has 0 aliphatic carbocycles. The third kappa shape index (κ3) is 3.94. The first kappa shape index (κ1) is 17.6. The minimum atomic E-state index is -1.62. The number of rotatable bonds is 4. The fourth-order valence-electron chi connectivity index (χ4n) is 2.55. The summed E-state index contributed by atoms with van der Waals surface area (Å²) in [7, 11) is 1.55. The van der Waals surface area contributed by atoms with Gasteiger partial charge in [0.1, 0.15) is 0 Å². The van der Waals surface area contributed by atoms with Gasteiger partial charge in [0, 0.05) is 26.2 Å². The molecule has 1 fully saturated rings. The lowest BCUT2D eigenvalue weighted by Gasteiger charge is -2.20. The Kier molecular flexibility index (Phi) is 5.48. The molecule has 0 spiro atoms. The molecular formula is C15H20F3N3O2. The van der Waals surface area contributed by atoms with Crippen molar-refractivity contribution in [2.24, 2.45) is 0 Å².